The van der Waals surface area contributed by atoms with Crippen molar-refractivity contribution in [2.24, 2.45) is 0 Å². The van der Waals surface area contributed by atoms with Crippen molar-refractivity contribution in [3.8, 4) is 0 Å². The molecule has 3 aromatic rings. The Kier molecular flexibility index (Phi) is 3.61. The Morgan fingerprint density at radius 3 is 3.00 bits per heavy atom. The van der Waals surface area contributed by atoms with Crippen LogP contribution in [0.15, 0.2) is 40.0 Å². The molecular formula is C16H14N4O3S. The molecule has 2 aromatic heterocycles. The second-order valence-electron chi connectivity index (χ2n) is 5.44. The van der Waals surface area contributed by atoms with Gasteiger partial charge in [-0.1, -0.05) is 23.9 Å². The minimum Gasteiger partial charge on any atom is -0.451 e. The van der Waals surface area contributed by atoms with Gasteiger partial charge in [0.1, 0.15) is 22.5 Å². The molecule has 1 aromatic carbocycles. The Balaban J connectivity index is 1.67. The fraction of sp³-hybridized carbons (Fsp3) is 0.250. The van der Waals surface area contributed by atoms with Crippen LogP contribution in [0.1, 0.15) is 6.92 Å². The van der Waals surface area contributed by atoms with Crippen LogP contribution in [0.4, 0.5) is 4.79 Å². The van der Waals surface area contributed by atoms with E-state index in [0.717, 1.165) is 16.5 Å². The van der Waals surface area contributed by atoms with Gasteiger partial charge in [0.05, 0.1) is 5.25 Å². The summed E-state index contributed by atoms with van der Waals surface area (Å²) in [5.41, 5.74) is 2.02. The minimum absolute atomic E-state index is 0.238. The summed E-state index contributed by atoms with van der Waals surface area (Å²) < 4.78 is 5.86. The number of hydrogen-bond acceptors (Lipinski definition) is 6. The molecule has 0 saturated carbocycles. The third kappa shape index (κ3) is 2.39. The number of fused-ring (bicyclic) bond motifs is 3. The lowest BCUT2D eigenvalue weighted by Crippen LogP contribution is -2.38. The third-order valence-corrected chi connectivity index (χ3v) is 4.95. The molecular weight excluding hydrogens is 328 g/mol. The van der Waals surface area contributed by atoms with Crippen LogP contribution in [-0.2, 0) is 4.79 Å². The molecule has 1 aliphatic heterocycles. The number of amides is 3. The van der Waals surface area contributed by atoms with Gasteiger partial charge in [0, 0.05) is 18.5 Å². The molecule has 24 heavy (non-hydrogen) atoms. The van der Waals surface area contributed by atoms with Crippen molar-refractivity contribution in [1.82, 2.24) is 20.2 Å². The quantitative estimate of drug-likeness (QED) is 0.581. The topological polar surface area (TPSA) is 88.3 Å². The zero-order valence-corrected chi connectivity index (χ0v) is 13.7. The van der Waals surface area contributed by atoms with Gasteiger partial charge in [-0.3, -0.25) is 9.69 Å². The number of aromatic nitrogens is 2. The van der Waals surface area contributed by atoms with Gasteiger partial charge in [-0.15, -0.1) is 0 Å². The number of nitrogens with zero attached hydrogens (tertiary/aromatic N) is 3. The summed E-state index contributed by atoms with van der Waals surface area (Å²) >= 11 is 1.27. The Morgan fingerprint density at radius 2 is 2.21 bits per heavy atom. The normalized spacial score (nSPS) is 15.9. The number of urea groups is 1. The highest BCUT2D eigenvalue weighted by molar-refractivity contribution is 8.00. The molecule has 1 atom stereocenters. The molecule has 0 aliphatic carbocycles. The maximum Gasteiger partial charge on any atom is 0.324 e. The summed E-state index contributed by atoms with van der Waals surface area (Å²) in [6.07, 6.45) is 1.46. The van der Waals surface area contributed by atoms with Crippen molar-refractivity contribution in [2.45, 2.75) is 17.2 Å². The van der Waals surface area contributed by atoms with Gasteiger partial charge in [0.25, 0.3) is 0 Å². The Morgan fingerprint density at radius 1 is 1.38 bits per heavy atom. The number of benzene rings is 1. The third-order valence-electron chi connectivity index (χ3n) is 3.88. The number of nitrogens with one attached hydrogen (secondary N) is 1. The molecule has 3 heterocycles. The van der Waals surface area contributed by atoms with E-state index < -0.39 is 5.25 Å². The number of imide groups is 1. The largest absolute Gasteiger partial charge is 0.451 e. The summed E-state index contributed by atoms with van der Waals surface area (Å²) in [5, 5.41) is 3.68. The number of furan rings is 1. The number of para-hydroxylation sites is 1. The molecule has 7 nitrogen and oxygen atoms in total. The fourth-order valence-corrected chi connectivity index (χ4v) is 3.62. The smallest absolute Gasteiger partial charge is 0.324 e. The first-order chi connectivity index (χ1) is 11.6. The van der Waals surface area contributed by atoms with Gasteiger partial charge in [0.15, 0.2) is 5.58 Å². The van der Waals surface area contributed by atoms with E-state index in [9.17, 15) is 9.59 Å². The van der Waals surface area contributed by atoms with Crippen LogP contribution in [0.25, 0.3) is 22.1 Å². The summed E-state index contributed by atoms with van der Waals surface area (Å²) in [7, 11) is 0. The predicted molar refractivity (Wildman–Crippen MR) is 89.7 cm³/mol. The second-order valence-corrected chi connectivity index (χ2v) is 6.77. The molecule has 1 aliphatic rings. The zero-order valence-electron chi connectivity index (χ0n) is 12.9. The van der Waals surface area contributed by atoms with Gasteiger partial charge in [-0.2, -0.15) is 0 Å². The summed E-state index contributed by atoms with van der Waals surface area (Å²) in [6.45, 7) is 2.64. The molecule has 1 N–H and O–H groups in total. The van der Waals surface area contributed by atoms with E-state index in [0.29, 0.717) is 23.7 Å². The van der Waals surface area contributed by atoms with E-state index in [-0.39, 0.29) is 11.9 Å². The summed E-state index contributed by atoms with van der Waals surface area (Å²) in [4.78, 5) is 33.9. The Bertz CT molecular complexity index is 955. The average molecular weight is 342 g/mol. The Labute approximate surface area is 141 Å². The van der Waals surface area contributed by atoms with Crippen molar-refractivity contribution in [1.29, 1.82) is 0 Å². The molecule has 0 radical (unpaired) electrons. The van der Waals surface area contributed by atoms with Crippen molar-refractivity contribution >= 4 is 45.8 Å². The van der Waals surface area contributed by atoms with Gasteiger partial charge >= 0.3 is 6.03 Å². The van der Waals surface area contributed by atoms with Crippen LogP contribution in [0, 0.1) is 0 Å². The zero-order chi connectivity index (χ0) is 16.7. The number of rotatable bonds is 3. The SMILES string of the molecule is C[C@@H](Sc1ncnc2c1oc1ccccc12)C(=O)N1CCNC1=O. The lowest BCUT2D eigenvalue weighted by atomic mass is 10.2. The molecule has 3 amide bonds. The van der Waals surface area contributed by atoms with Gasteiger partial charge in [-0.05, 0) is 19.1 Å². The molecule has 122 valence electrons. The van der Waals surface area contributed by atoms with Crippen LogP contribution in [-0.4, -0.2) is 45.1 Å². The van der Waals surface area contributed by atoms with Gasteiger partial charge < -0.3 is 9.73 Å². The average Bonchev–Trinajstić information content (AvgIpc) is 3.18. The lowest BCUT2D eigenvalue weighted by Gasteiger charge is -2.16. The maximum absolute atomic E-state index is 12.4. The summed E-state index contributed by atoms with van der Waals surface area (Å²) in [6, 6.07) is 7.28. The maximum atomic E-state index is 12.4. The predicted octanol–water partition coefficient (Wildman–Crippen LogP) is 2.41. The Hall–Kier alpha value is -2.61. The molecule has 0 bridgehead atoms. The van der Waals surface area contributed by atoms with E-state index in [4.69, 9.17) is 4.42 Å². The van der Waals surface area contributed by atoms with Crippen LogP contribution in [0.2, 0.25) is 0 Å². The molecule has 1 fully saturated rings. The van der Waals surface area contributed by atoms with Crippen molar-refractivity contribution in [3.63, 3.8) is 0 Å². The van der Waals surface area contributed by atoms with Crippen LogP contribution in [0.3, 0.4) is 0 Å². The first kappa shape index (κ1) is 14.9. The van der Waals surface area contributed by atoms with E-state index >= 15 is 0 Å². The monoisotopic (exact) mass is 342 g/mol. The molecule has 1 saturated heterocycles. The van der Waals surface area contributed by atoms with E-state index in [1.165, 1.54) is 23.0 Å². The molecule has 0 unspecified atom stereocenters. The van der Waals surface area contributed by atoms with Crippen LogP contribution >= 0.6 is 11.8 Å². The second kappa shape index (κ2) is 5.79. The first-order valence-electron chi connectivity index (χ1n) is 7.53. The highest BCUT2D eigenvalue weighted by atomic mass is 32.2. The number of thioether (sulfide) groups is 1. The highest BCUT2D eigenvalue weighted by Gasteiger charge is 2.31. The standard InChI is InChI=1S/C16H14N4O3S/c1-9(15(21)20-7-6-17-16(20)22)24-14-13-12(18-8-19-14)10-4-2-3-5-11(10)23-13/h2-5,8-9H,6-7H2,1H3,(H,17,22)/t9-/m1/s1. The number of carbonyl (C=O) groups is 2. The number of hydrogen-bond donors (Lipinski definition) is 1. The summed E-state index contributed by atoms with van der Waals surface area (Å²) in [5.74, 6) is -0.238. The van der Waals surface area contributed by atoms with Crippen LogP contribution < -0.4 is 5.32 Å². The van der Waals surface area contributed by atoms with E-state index in [2.05, 4.69) is 15.3 Å². The highest BCUT2D eigenvalue weighted by Crippen LogP contribution is 2.34. The van der Waals surface area contributed by atoms with Crippen molar-refractivity contribution < 1.29 is 14.0 Å². The lowest BCUT2D eigenvalue weighted by molar-refractivity contribution is -0.126. The van der Waals surface area contributed by atoms with E-state index in [1.807, 2.05) is 24.3 Å². The first-order valence-corrected chi connectivity index (χ1v) is 8.41. The van der Waals surface area contributed by atoms with Crippen molar-refractivity contribution in [2.75, 3.05) is 13.1 Å². The number of carbonyl (C=O) groups excluding carboxylic acids is 2. The van der Waals surface area contributed by atoms with Gasteiger partial charge in [0.2, 0.25) is 5.91 Å². The van der Waals surface area contributed by atoms with Gasteiger partial charge in [-0.25, -0.2) is 14.8 Å². The van der Waals surface area contributed by atoms with E-state index in [1.54, 1.807) is 6.92 Å². The molecule has 4 rings (SSSR count). The van der Waals surface area contributed by atoms with Crippen LogP contribution in [0.5, 0.6) is 0 Å². The minimum atomic E-state index is -0.458. The fourth-order valence-electron chi connectivity index (χ4n) is 2.71. The molecule has 8 heteroatoms. The molecule has 0 spiro atoms. The van der Waals surface area contributed by atoms with Crippen molar-refractivity contribution in [3.05, 3.63) is 30.6 Å².